The molecule has 0 aliphatic carbocycles. The molecule has 0 saturated heterocycles. The Morgan fingerprint density at radius 3 is 2.36 bits per heavy atom. The Balaban J connectivity index is 2.66. The van der Waals surface area contributed by atoms with E-state index in [1.807, 2.05) is 19.1 Å². The van der Waals surface area contributed by atoms with Crippen molar-refractivity contribution in [3.05, 3.63) is 34.3 Å². The van der Waals surface area contributed by atoms with Crippen LogP contribution in [-0.2, 0) is 0 Å². The van der Waals surface area contributed by atoms with Crippen molar-refractivity contribution in [1.29, 1.82) is 0 Å². The summed E-state index contributed by atoms with van der Waals surface area (Å²) in [5, 5.41) is 3.31. The first-order valence-corrected chi connectivity index (χ1v) is 5.40. The third-order valence-electron chi connectivity index (χ3n) is 2.12. The number of halogens is 1. The van der Waals surface area contributed by atoms with Crippen LogP contribution in [0.3, 0.4) is 0 Å². The van der Waals surface area contributed by atoms with Crippen LogP contribution in [0.1, 0.15) is 25.5 Å². The maximum atomic E-state index is 5.30. The Bertz CT molecular complexity index is 323. The fourth-order valence-corrected chi connectivity index (χ4v) is 1.54. The molecule has 0 aliphatic rings. The highest BCUT2D eigenvalue weighted by atomic mass is 79.9. The van der Waals surface area contributed by atoms with Crippen molar-refractivity contribution in [3.63, 3.8) is 0 Å². The van der Waals surface area contributed by atoms with Gasteiger partial charge in [0.1, 0.15) is 0 Å². The summed E-state index contributed by atoms with van der Waals surface area (Å²) in [6.07, 6.45) is 5.30. The summed E-state index contributed by atoms with van der Waals surface area (Å²) in [6.45, 7) is 4.09. The number of terminal acetylenes is 1. The maximum Gasteiger partial charge on any atom is 0.0662 e. The molecule has 1 nitrogen and oxygen atoms in total. The number of hydrogen-bond donors (Lipinski definition) is 1. The summed E-state index contributed by atoms with van der Waals surface area (Å²) in [4.78, 5) is 0. The van der Waals surface area contributed by atoms with E-state index in [9.17, 15) is 0 Å². The van der Waals surface area contributed by atoms with Gasteiger partial charge in [0.25, 0.3) is 0 Å². The minimum atomic E-state index is 0.105. The molecular weight excluding hydrogens is 238 g/mol. The summed E-state index contributed by atoms with van der Waals surface area (Å²) < 4.78 is 1.10. The average Bonchev–Trinajstić information content (AvgIpc) is 2.18. The molecule has 0 aliphatic heterocycles. The third kappa shape index (κ3) is 3.17. The molecule has 2 atom stereocenters. The van der Waals surface area contributed by atoms with Crippen LogP contribution < -0.4 is 5.32 Å². The highest BCUT2D eigenvalue weighted by molar-refractivity contribution is 9.10. The van der Waals surface area contributed by atoms with E-state index < -0.39 is 0 Å². The molecule has 1 N–H and O–H groups in total. The molecule has 0 bridgehead atoms. The fraction of sp³-hybridized carbons (Fsp3) is 0.333. The van der Waals surface area contributed by atoms with Gasteiger partial charge in [0.15, 0.2) is 0 Å². The summed E-state index contributed by atoms with van der Waals surface area (Å²) in [6, 6.07) is 8.64. The van der Waals surface area contributed by atoms with Crippen LogP contribution in [-0.4, -0.2) is 6.04 Å². The summed E-state index contributed by atoms with van der Waals surface area (Å²) >= 11 is 3.41. The van der Waals surface area contributed by atoms with Gasteiger partial charge in [-0.15, -0.1) is 6.42 Å². The lowest BCUT2D eigenvalue weighted by molar-refractivity contribution is 0.546. The van der Waals surface area contributed by atoms with Crippen molar-refractivity contribution in [3.8, 4) is 12.3 Å². The Labute approximate surface area is 94.0 Å². The second-order valence-electron chi connectivity index (χ2n) is 3.33. The average molecular weight is 252 g/mol. The number of benzene rings is 1. The largest absolute Gasteiger partial charge is 0.297 e. The molecule has 1 unspecified atom stereocenters. The molecule has 14 heavy (non-hydrogen) atoms. The lowest BCUT2D eigenvalue weighted by Gasteiger charge is -2.16. The first-order chi connectivity index (χ1) is 6.63. The zero-order chi connectivity index (χ0) is 10.6. The number of rotatable bonds is 3. The molecule has 2 heteroatoms. The van der Waals surface area contributed by atoms with Gasteiger partial charge in [-0.05, 0) is 31.5 Å². The zero-order valence-electron chi connectivity index (χ0n) is 8.42. The van der Waals surface area contributed by atoms with Gasteiger partial charge in [-0.2, -0.15) is 0 Å². The molecule has 1 rings (SSSR count). The maximum absolute atomic E-state index is 5.30. The molecule has 0 spiro atoms. The Kier molecular flexibility index (Phi) is 4.19. The van der Waals surface area contributed by atoms with Gasteiger partial charge in [-0.25, -0.2) is 0 Å². The molecule has 74 valence electrons. The SMILES string of the molecule is C#CC(C)N[C@H](C)c1ccc(Br)cc1. The lowest BCUT2D eigenvalue weighted by atomic mass is 10.1. The van der Waals surface area contributed by atoms with Crippen molar-refractivity contribution in [2.24, 2.45) is 0 Å². The van der Waals surface area contributed by atoms with E-state index in [0.29, 0.717) is 0 Å². The monoisotopic (exact) mass is 251 g/mol. The smallest absolute Gasteiger partial charge is 0.0662 e. The predicted octanol–water partition coefficient (Wildman–Crippen LogP) is 3.12. The normalized spacial score (nSPS) is 14.4. The molecule has 0 heterocycles. The number of nitrogens with one attached hydrogen (secondary N) is 1. The van der Waals surface area contributed by atoms with Gasteiger partial charge in [-0.1, -0.05) is 34.0 Å². The van der Waals surface area contributed by atoms with Gasteiger partial charge in [0.05, 0.1) is 6.04 Å². The molecule has 1 aromatic carbocycles. The molecular formula is C12H14BrN. The summed E-state index contributed by atoms with van der Waals surface area (Å²) in [7, 11) is 0. The van der Waals surface area contributed by atoms with Crippen LogP contribution in [0.4, 0.5) is 0 Å². The van der Waals surface area contributed by atoms with Gasteiger partial charge < -0.3 is 0 Å². The second kappa shape index (κ2) is 5.19. The molecule has 0 saturated carbocycles. The Morgan fingerprint density at radius 1 is 1.29 bits per heavy atom. The van der Waals surface area contributed by atoms with E-state index >= 15 is 0 Å². The summed E-state index contributed by atoms with van der Waals surface area (Å²) in [5.74, 6) is 2.66. The summed E-state index contributed by atoms with van der Waals surface area (Å²) in [5.41, 5.74) is 1.25. The van der Waals surface area contributed by atoms with Crippen LogP contribution in [0.5, 0.6) is 0 Å². The van der Waals surface area contributed by atoms with E-state index in [1.54, 1.807) is 0 Å². The highest BCUT2D eigenvalue weighted by Crippen LogP contribution is 2.16. The van der Waals surface area contributed by atoms with Crippen LogP contribution in [0.2, 0.25) is 0 Å². The van der Waals surface area contributed by atoms with Crippen molar-refractivity contribution < 1.29 is 0 Å². The van der Waals surface area contributed by atoms with E-state index in [4.69, 9.17) is 6.42 Å². The first kappa shape index (κ1) is 11.3. The predicted molar refractivity (Wildman–Crippen MR) is 64.0 cm³/mol. The van der Waals surface area contributed by atoms with Gasteiger partial charge in [0, 0.05) is 10.5 Å². The first-order valence-electron chi connectivity index (χ1n) is 4.61. The van der Waals surface area contributed by atoms with Crippen LogP contribution in [0.25, 0.3) is 0 Å². The van der Waals surface area contributed by atoms with Crippen LogP contribution in [0, 0.1) is 12.3 Å². The van der Waals surface area contributed by atoms with Gasteiger partial charge >= 0.3 is 0 Å². The Hall–Kier alpha value is -0.780. The molecule has 0 aromatic heterocycles. The van der Waals surface area contributed by atoms with Crippen molar-refractivity contribution in [2.75, 3.05) is 0 Å². The van der Waals surface area contributed by atoms with Crippen molar-refractivity contribution >= 4 is 15.9 Å². The molecule has 0 fully saturated rings. The van der Waals surface area contributed by atoms with E-state index in [-0.39, 0.29) is 12.1 Å². The standard InChI is InChI=1S/C12H14BrN/c1-4-9(2)14-10(3)11-5-7-12(13)8-6-11/h1,5-10,14H,2-3H3/t9?,10-/m1/s1. The fourth-order valence-electron chi connectivity index (χ4n) is 1.27. The van der Waals surface area contributed by atoms with E-state index in [2.05, 4.69) is 46.2 Å². The van der Waals surface area contributed by atoms with Crippen molar-refractivity contribution in [2.45, 2.75) is 25.9 Å². The third-order valence-corrected chi connectivity index (χ3v) is 2.65. The minimum Gasteiger partial charge on any atom is -0.297 e. The second-order valence-corrected chi connectivity index (χ2v) is 4.24. The minimum absolute atomic E-state index is 0.105. The lowest BCUT2D eigenvalue weighted by Crippen LogP contribution is -2.27. The highest BCUT2D eigenvalue weighted by Gasteiger charge is 2.06. The topological polar surface area (TPSA) is 12.0 Å². The molecule has 1 aromatic rings. The Morgan fingerprint density at radius 2 is 1.86 bits per heavy atom. The van der Waals surface area contributed by atoms with E-state index in [0.717, 1.165) is 4.47 Å². The quantitative estimate of drug-likeness (QED) is 0.815. The molecule has 0 radical (unpaired) electrons. The van der Waals surface area contributed by atoms with E-state index in [1.165, 1.54) is 5.56 Å². The number of hydrogen-bond acceptors (Lipinski definition) is 1. The van der Waals surface area contributed by atoms with Crippen molar-refractivity contribution in [1.82, 2.24) is 5.32 Å². The van der Waals surface area contributed by atoms with Gasteiger partial charge in [-0.3, -0.25) is 5.32 Å². The van der Waals surface area contributed by atoms with Crippen LogP contribution in [0.15, 0.2) is 28.7 Å². The van der Waals surface area contributed by atoms with Gasteiger partial charge in [0.2, 0.25) is 0 Å². The van der Waals surface area contributed by atoms with Crippen LogP contribution >= 0.6 is 15.9 Å². The zero-order valence-corrected chi connectivity index (χ0v) is 10.0. The molecule has 0 amide bonds.